The van der Waals surface area contributed by atoms with E-state index in [1.807, 2.05) is 13.8 Å². The monoisotopic (exact) mass is 332 g/mol. The molecule has 1 amide bonds. The van der Waals surface area contributed by atoms with Crippen LogP contribution in [0.4, 0.5) is 0 Å². The Kier molecular flexibility index (Phi) is 6.81. The first kappa shape index (κ1) is 18.9. The van der Waals surface area contributed by atoms with Crippen LogP contribution in [0.3, 0.4) is 0 Å². The van der Waals surface area contributed by atoms with Gasteiger partial charge in [0.05, 0.1) is 6.10 Å². The van der Waals surface area contributed by atoms with Gasteiger partial charge in [-0.3, -0.25) is 4.79 Å². The van der Waals surface area contributed by atoms with Crippen molar-refractivity contribution in [1.29, 1.82) is 0 Å². The third-order valence-electron chi connectivity index (χ3n) is 4.75. The Labute approximate surface area is 146 Å². The normalized spacial score (nSPS) is 20.2. The maximum absolute atomic E-state index is 11.7. The van der Waals surface area contributed by atoms with Gasteiger partial charge in [-0.1, -0.05) is 43.2 Å². The molecule has 2 unspecified atom stereocenters. The number of aliphatic hydroxyl groups is 1. The first-order valence-electron chi connectivity index (χ1n) is 9.11. The number of likely N-dealkylation sites (tertiary alicyclic amines) is 1. The van der Waals surface area contributed by atoms with E-state index in [1.165, 1.54) is 11.1 Å². The first-order valence-corrected chi connectivity index (χ1v) is 9.11. The third-order valence-corrected chi connectivity index (χ3v) is 4.75. The van der Waals surface area contributed by atoms with E-state index in [-0.39, 0.29) is 11.8 Å². The van der Waals surface area contributed by atoms with Crippen molar-refractivity contribution in [2.45, 2.75) is 46.6 Å². The lowest BCUT2D eigenvalue weighted by atomic mass is 9.96. The quantitative estimate of drug-likeness (QED) is 0.842. The predicted molar refractivity (Wildman–Crippen MR) is 97.9 cm³/mol. The van der Waals surface area contributed by atoms with Crippen molar-refractivity contribution in [3.05, 3.63) is 34.9 Å². The largest absolute Gasteiger partial charge is 0.387 e. The van der Waals surface area contributed by atoms with Gasteiger partial charge in [-0.15, -0.1) is 0 Å². The number of hydrogen-bond donors (Lipinski definition) is 2. The van der Waals surface area contributed by atoms with Gasteiger partial charge in [0.25, 0.3) is 0 Å². The van der Waals surface area contributed by atoms with E-state index in [0.717, 1.165) is 38.0 Å². The Bertz CT molecular complexity index is 536. The SMILES string of the molecule is Cc1cc(C)cc(C(O)CN2CCCC(CNC(=O)C(C)C)C2)c1. The summed E-state index contributed by atoms with van der Waals surface area (Å²) in [6.07, 6.45) is 1.82. The van der Waals surface area contributed by atoms with Gasteiger partial charge in [-0.25, -0.2) is 0 Å². The number of β-amino-alcohol motifs (C(OH)–C–C–N with tert-alkyl or cyclic N) is 1. The minimum Gasteiger partial charge on any atom is -0.387 e. The van der Waals surface area contributed by atoms with Crippen LogP contribution in [0.25, 0.3) is 0 Å². The van der Waals surface area contributed by atoms with E-state index in [0.29, 0.717) is 12.5 Å². The maximum Gasteiger partial charge on any atom is 0.222 e. The lowest BCUT2D eigenvalue weighted by molar-refractivity contribution is -0.124. The summed E-state index contributed by atoms with van der Waals surface area (Å²) >= 11 is 0. The summed E-state index contributed by atoms with van der Waals surface area (Å²) in [7, 11) is 0. The average molecular weight is 332 g/mol. The van der Waals surface area contributed by atoms with E-state index in [9.17, 15) is 9.90 Å². The number of carbonyl (C=O) groups excluding carboxylic acids is 1. The van der Waals surface area contributed by atoms with Gasteiger partial charge in [0.1, 0.15) is 0 Å². The molecule has 1 aromatic rings. The molecule has 2 atom stereocenters. The third kappa shape index (κ3) is 5.60. The molecule has 134 valence electrons. The van der Waals surface area contributed by atoms with Crippen molar-refractivity contribution in [2.24, 2.45) is 11.8 Å². The molecule has 4 heteroatoms. The van der Waals surface area contributed by atoms with Gasteiger partial charge in [0.2, 0.25) is 5.91 Å². The highest BCUT2D eigenvalue weighted by Gasteiger charge is 2.23. The fourth-order valence-electron chi connectivity index (χ4n) is 3.49. The van der Waals surface area contributed by atoms with Gasteiger partial charge in [0.15, 0.2) is 0 Å². The van der Waals surface area contributed by atoms with Crippen LogP contribution in [0, 0.1) is 25.7 Å². The Hall–Kier alpha value is -1.39. The van der Waals surface area contributed by atoms with Crippen LogP contribution in [0.15, 0.2) is 18.2 Å². The second-order valence-electron chi connectivity index (χ2n) is 7.60. The molecule has 1 aromatic carbocycles. The highest BCUT2D eigenvalue weighted by atomic mass is 16.3. The number of piperidine rings is 1. The van der Waals surface area contributed by atoms with E-state index in [1.54, 1.807) is 0 Å². The molecule has 4 nitrogen and oxygen atoms in total. The molecular weight excluding hydrogens is 300 g/mol. The highest BCUT2D eigenvalue weighted by molar-refractivity contribution is 5.77. The van der Waals surface area contributed by atoms with Crippen LogP contribution in [0.2, 0.25) is 0 Å². The molecule has 0 aromatic heterocycles. The van der Waals surface area contributed by atoms with Crippen molar-refractivity contribution in [1.82, 2.24) is 10.2 Å². The van der Waals surface area contributed by atoms with E-state index in [4.69, 9.17) is 0 Å². The van der Waals surface area contributed by atoms with Crippen LogP contribution in [0.5, 0.6) is 0 Å². The Morgan fingerprint density at radius 1 is 1.29 bits per heavy atom. The molecule has 0 aliphatic carbocycles. The van der Waals surface area contributed by atoms with Crippen LogP contribution < -0.4 is 5.32 Å². The highest BCUT2D eigenvalue weighted by Crippen LogP contribution is 2.22. The van der Waals surface area contributed by atoms with Crippen molar-refractivity contribution in [2.75, 3.05) is 26.2 Å². The molecule has 1 aliphatic heterocycles. The number of rotatable bonds is 6. The molecular formula is C20H32N2O2. The predicted octanol–water partition coefficient (Wildman–Crippen LogP) is 2.82. The molecule has 0 saturated carbocycles. The standard InChI is InChI=1S/C20H32N2O2/c1-14(2)20(24)21-11-17-6-5-7-22(12-17)13-19(23)18-9-15(3)8-16(4)10-18/h8-10,14,17,19,23H,5-7,11-13H2,1-4H3,(H,21,24). The number of benzene rings is 1. The molecule has 0 bridgehead atoms. The van der Waals surface area contributed by atoms with Gasteiger partial charge >= 0.3 is 0 Å². The average Bonchev–Trinajstić information content (AvgIpc) is 2.51. The summed E-state index contributed by atoms with van der Waals surface area (Å²) in [5, 5.41) is 13.6. The van der Waals surface area contributed by atoms with Gasteiger partial charge < -0.3 is 15.3 Å². The van der Waals surface area contributed by atoms with Crippen molar-refractivity contribution < 1.29 is 9.90 Å². The van der Waals surface area contributed by atoms with Gasteiger partial charge in [-0.2, -0.15) is 0 Å². The van der Waals surface area contributed by atoms with Crippen LogP contribution in [-0.2, 0) is 4.79 Å². The molecule has 24 heavy (non-hydrogen) atoms. The maximum atomic E-state index is 11.7. The molecule has 2 rings (SSSR count). The van der Waals surface area contributed by atoms with Gasteiger partial charge in [-0.05, 0) is 44.7 Å². The van der Waals surface area contributed by atoms with Crippen molar-refractivity contribution in [3.63, 3.8) is 0 Å². The zero-order valence-electron chi connectivity index (χ0n) is 15.5. The fraction of sp³-hybridized carbons (Fsp3) is 0.650. The zero-order chi connectivity index (χ0) is 17.7. The van der Waals surface area contributed by atoms with Crippen LogP contribution in [-0.4, -0.2) is 42.1 Å². The smallest absolute Gasteiger partial charge is 0.222 e. The van der Waals surface area contributed by atoms with Gasteiger partial charge in [0, 0.05) is 25.6 Å². The molecule has 1 fully saturated rings. The summed E-state index contributed by atoms with van der Waals surface area (Å²) in [4.78, 5) is 14.1. The summed E-state index contributed by atoms with van der Waals surface area (Å²) in [6, 6.07) is 6.27. The number of nitrogens with one attached hydrogen (secondary N) is 1. The Morgan fingerprint density at radius 3 is 2.58 bits per heavy atom. The second kappa shape index (κ2) is 8.63. The lowest BCUT2D eigenvalue weighted by Crippen LogP contribution is -2.43. The molecule has 1 heterocycles. The second-order valence-corrected chi connectivity index (χ2v) is 7.60. The van der Waals surface area contributed by atoms with Crippen LogP contribution >= 0.6 is 0 Å². The van der Waals surface area contributed by atoms with Crippen molar-refractivity contribution >= 4 is 5.91 Å². The molecule has 1 saturated heterocycles. The minimum atomic E-state index is -0.451. The number of amides is 1. The number of nitrogens with zero attached hydrogens (tertiary/aromatic N) is 1. The topological polar surface area (TPSA) is 52.6 Å². The molecule has 1 aliphatic rings. The zero-order valence-corrected chi connectivity index (χ0v) is 15.5. The molecule has 2 N–H and O–H groups in total. The number of hydrogen-bond acceptors (Lipinski definition) is 3. The lowest BCUT2D eigenvalue weighted by Gasteiger charge is -2.34. The summed E-state index contributed by atoms with van der Waals surface area (Å²) in [5.41, 5.74) is 3.39. The minimum absolute atomic E-state index is 0.0380. The van der Waals surface area contributed by atoms with E-state index < -0.39 is 6.10 Å². The van der Waals surface area contributed by atoms with Crippen LogP contribution in [0.1, 0.15) is 49.5 Å². The Morgan fingerprint density at radius 2 is 1.96 bits per heavy atom. The first-order chi connectivity index (χ1) is 11.3. The van der Waals surface area contributed by atoms with E-state index >= 15 is 0 Å². The fourth-order valence-corrected chi connectivity index (χ4v) is 3.49. The van der Waals surface area contributed by atoms with Crippen molar-refractivity contribution in [3.8, 4) is 0 Å². The van der Waals surface area contributed by atoms with E-state index in [2.05, 4.69) is 42.3 Å². The number of aliphatic hydroxyl groups excluding tert-OH is 1. The summed E-state index contributed by atoms with van der Waals surface area (Å²) in [6.45, 7) is 11.3. The summed E-state index contributed by atoms with van der Waals surface area (Å²) in [5.74, 6) is 0.645. The number of carbonyl (C=O) groups is 1. The molecule has 0 spiro atoms. The number of aryl methyl sites for hydroxylation is 2. The summed E-state index contributed by atoms with van der Waals surface area (Å²) < 4.78 is 0. The molecule has 0 radical (unpaired) electrons. The Balaban J connectivity index is 1.86.